The fourth-order valence-corrected chi connectivity index (χ4v) is 7.30. The van der Waals surface area contributed by atoms with Gasteiger partial charge in [-0.1, -0.05) is 0 Å². The van der Waals surface area contributed by atoms with E-state index in [-0.39, 0.29) is 5.91 Å². The average molecular weight is 612 g/mol. The number of thiazole rings is 1. The zero-order valence-corrected chi connectivity index (χ0v) is 25.6. The van der Waals surface area contributed by atoms with Crippen molar-refractivity contribution in [3.63, 3.8) is 0 Å². The van der Waals surface area contributed by atoms with E-state index >= 15 is 0 Å². The Morgan fingerprint density at radius 2 is 1.80 bits per heavy atom. The van der Waals surface area contributed by atoms with Crippen LogP contribution in [0.15, 0.2) is 36.5 Å². The maximum atomic E-state index is 13.4. The number of carbonyl (C=O) groups is 1. The second-order valence-electron chi connectivity index (χ2n) is 13.2. The van der Waals surface area contributed by atoms with Crippen molar-refractivity contribution in [3.8, 4) is 16.5 Å². The quantitative estimate of drug-likeness (QED) is 0.287. The van der Waals surface area contributed by atoms with Crippen LogP contribution in [-0.2, 0) is 0 Å². The molecule has 2 aliphatic heterocycles. The Morgan fingerprint density at radius 3 is 2.57 bits per heavy atom. The van der Waals surface area contributed by atoms with Gasteiger partial charge in [0, 0.05) is 75.4 Å². The minimum absolute atomic E-state index is 0.286. The van der Waals surface area contributed by atoms with Crippen LogP contribution in [0.5, 0.6) is 0 Å². The van der Waals surface area contributed by atoms with Crippen LogP contribution in [0.2, 0.25) is 0 Å². The van der Waals surface area contributed by atoms with E-state index in [4.69, 9.17) is 4.98 Å². The summed E-state index contributed by atoms with van der Waals surface area (Å²) in [7, 11) is 0. The highest BCUT2D eigenvalue weighted by molar-refractivity contribution is 7.13. The zero-order chi connectivity index (χ0) is 29.2. The van der Waals surface area contributed by atoms with Gasteiger partial charge in [0.2, 0.25) is 0 Å². The molecule has 4 aromatic rings. The van der Waals surface area contributed by atoms with Crippen LogP contribution in [0.1, 0.15) is 66.7 Å². The van der Waals surface area contributed by atoms with Crippen molar-refractivity contribution in [2.45, 2.75) is 56.5 Å². The summed E-state index contributed by atoms with van der Waals surface area (Å²) in [6, 6.07) is 2.91. The van der Waals surface area contributed by atoms with Crippen molar-refractivity contribution in [1.82, 2.24) is 44.1 Å². The number of nitrogens with zero attached hydrogens (tertiary/aromatic N) is 10. The molecule has 4 aromatic heterocycles. The number of carbonyl (C=O) groups excluding carboxylic acids is 1. The molecule has 1 amide bonds. The van der Waals surface area contributed by atoms with Gasteiger partial charge in [0.05, 0.1) is 29.6 Å². The molecular weight excluding hydrogens is 574 g/mol. The summed E-state index contributed by atoms with van der Waals surface area (Å²) in [4.78, 5) is 35.1. The van der Waals surface area contributed by atoms with Crippen LogP contribution < -0.4 is 10.2 Å². The third-order valence-electron chi connectivity index (χ3n) is 9.76. The molecule has 0 atom stereocenters. The smallest absolute Gasteiger partial charge is 0.275 e. The number of pyridine rings is 1. The highest BCUT2D eigenvalue weighted by atomic mass is 32.1. The molecule has 13 heteroatoms. The van der Waals surface area contributed by atoms with Crippen molar-refractivity contribution in [3.05, 3.63) is 47.9 Å². The number of rotatable bonds is 10. The number of amides is 1. The molecule has 0 radical (unpaired) electrons. The van der Waals surface area contributed by atoms with E-state index < -0.39 is 0 Å². The van der Waals surface area contributed by atoms with Gasteiger partial charge in [-0.2, -0.15) is 0 Å². The highest BCUT2D eigenvalue weighted by Gasteiger charge is 2.36. The molecule has 6 heterocycles. The topological polar surface area (TPSA) is 113 Å². The lowest BCUT2D eigenvalue weighted by atomic mass is 10.0. The van der Waals surface area contributed by atoms with Crippen LogP contribution in [0.25, 0.3) is 16.5 Å². The number of piperazine rings is 1. The maximum Gasteiger partial charge on any atom is 0.275 e. The molecule has 0 bridgehead atoms. The van der Waals surface area contributed by atoms with E-state index in [0.717, 1.165) is 72.8 Å². The monoisotopic (exact) mass is 611 g/mol. The molecule has 12 nitrogen and oxygen atoms in total. The molecule has 44 heavy (non-hydrogen) atoms. The van der Waals surface area contributed by atoms with Gasteiger partial charge < -0.3 is 24.3 Å². The van der Waals surface area contributed by atoms with Crippen LogP contribution >= 0.6 is 11.3 Å². The number of hydrogen-bond acceptors (Lipinski definition) is 10. The predicted octanol–water partition coefficient (Wildman–Crippen LogP) is 3.66. The van der Waals surface area contributed by atoms with Gasteiger partial charge in [-0.3, -0.25) is 9.69 Å². The maximum absolute atomic E-state index is 13.4. The minimum atomic E-state index is -0.286. The molecule has 228 valence electrons. The Morgan fingerprint density at radius 1 is 0.955 bits per heavy atom. The number of anilines is 2. The third kappa shape index (κ3) is 5.30. The lowest BCUT2D eigenvalue weighted by molar-refractivity contribution is 0.0809. The summed E-state index contributed by atoms with van der Waals surface area (Å²) in [5.74, 6) is 2.47. The van der Waals surface area contributed by atoms with Crippen molar-refractivity contribution in [2.24, 2.45) is 5.92 Å². The van der Waals surface area contributed by atoms with Gasteiger partial charge in [0.25, 0.3) is 5.91 Å². The second kappa shape index (κ2) is 10.7. The molecule has 9 rings (SSSR count). The van der Waals surface area contributed by atoms with E-state index in [1.807, 2.05) is 24.0 Å². The standard InChI is InChI=1S/C31H37N11OS/c43-30(35-28-17-44-31(36-28)29-37-34-19-42(29)22-5-6-22)24-11-26(41-16-25(33-18-41)21-3-4-21)27(12-32-24)40-14-23(15-40)39-9-7-38(8-10-39)13-20-1-2-20/h11-12,16-23H,1-10,13-15H2,(H,35,43). The Hall–Kier alpha value is -3.68. The van der Waals surface area contributed by atoms with Gasteiger partial charge >= 0.3 is 0 Å². The van der Waals surface area contributed by atoms with E-state index in [1.54, 1.807) is 6.33 Å². The number of aromatic nitrogens is 7. The Bertz CT molecular complexity index is 1670. The number of hydrogen-bond donors (Lipinski definition) is 1. The normalized spacial score (nSPS) is 21.5. The number of imidazole rings is 1. The fraction of sp³-hybridized carbons (Fsp3) is 0.548. The van der Waals surface area contributed by atoms with Gasteiger partial charge in [0.15, 0.2) is 10.8 Å². The fourth-order valence-electron chi connectivity index (χ4n) is 6.56. The van der Waals surface area contributed by atoms with E-state index in [2.05, 4.69) is 55.5 Å². The average Bonchev–Trinajstić information content (AvgIpc) is 4.00. The lowest BCUT2D eigenvalue weighted by Crippen LogP contribution is -2.63. The predicted molar refractivity (Wildman–Crippen MR) is 167 cm³/mol. The molecule has 2 saturated heterocycles. The molecule has 0 aromatic carbocycles. The first-order chi connectivity index (χ1) is 21.6. The van der Waals surface area contributed by atoms with Crippen molar-refractivity contribution in [1.29, 1.82) is 0 Å². The van der Waals surface area contributed by atoms with Crippen LogP contribution in [-0.4, -0.2) is 102 Å². The minimum Gasteiger partial charge on any atom is -0.365 e. The van der Waals surface area contributed by atoms with E-state index in [0.29, 0.717) is 29.5 Å². The first-order valence-electron chi connectivity index (χ1n) is 16.1. The lowest BCUT2D eigenvalue weighted by Gasteiger charge is -2.49. The molecule has 0 unspecified atom stereocenters. The van der Waals surface area contributed by atoms with Crippen LogP contribution in [0.3, 0.4) is 0 Å². The molecule has 0 spiro atoms. The van der Waals surface area contributed by atoms with Crippen molar-refractivity contribution < 1.29 is 4.79 Å². The first kappa shape index (κ1) is 26.7. The summed E-state index contributed by atoms with van der Waals surface area (Å²) in [5, 5.41) is 13.9. The zero-order valence-electron chi connectivity index (χ0n) is 24.8. The molecule has 5 aliphatic rings. The van der Waals surface area contributed by atoms with Gasteiger partial charge in [-0.25, -0.2) is 15.0 Å². The third-order valence-corrected chi connectivity index (χ3v) is 10.6. The summed E-state index contributed by atoms with van der Waals surface area (Å²) in [5.41, 5.74) is 3.46. The summed E-state index contributed by atoms with van der Waals surface area (Å²) in [6.45, 7) is 7.91. The highest BCUT2D eigenvalue weighted by Crippen LogP contribution is 2.40. The van der Waals surface area contributed by atoms with E-state index in [1.165, 1.54) is 56.7 Å². The Kier molecular flexibility index (Phi) is 6.52. The Labute approximate surface area is 260 Å². The molecular formula is C31H37N11OS. The molecule has 1 N–H and O–H groups in total. The summed E-state index contributed by atoms with van der Waals surface area (Å²) < 4.78 is 4.14. The first-order valence-corrected chi connectivity index (χ1v) is 16.9. The van der Waals surface area contributed by atoms with Gasteiger partial charge in [0.1, 0.15) is 17.8 Å². The van der Waals surface area contributed by atoms with Crippen LogP contribution in [0, 0.1) is 5.92 Å². The Balaban J connectivity index is 0.913. The summed E-state index contributed by atoms with van der Waals surface area (Å²) in [6.07, 6.45) is 15.1. The van der Waals surface area contributed by atoms with Gasteiger partial charge in [-0.15, -0.1) is 21.5 Å². The second-order valence-corrected chi connectivity index (χ2v) is 14.0. The number of nitrogens with one attached hydrogen (secondary N) is 1. The SMILES string of the molecule is O=C(Nc1csc(-c2nncn2C2CC2)n1)c1cc(-n2cnc(C3CC3)c2)c(N2CC(N3CCN(CC4CC4)CC3)C2)cn1. The van der Waals surface area contributed by atoms with Gasteiger partial charge in [-0.05, 0) is 50.5 Å². The van der Waals surface area contributed by atoms with Crippen molar-refractivity contribution in [2.75, 3.05) is 56.0 Å². The molecule has 3 aliphatic carbocycles. The molecule has 3 saturated carbocycles. The van der Waals surface area contributed by atoms with Crippen LogP contribution in [0.4, 0.5) is 11.5 Å². The summed E-state index contributed by atoms with van der Waals surface area (Å²) >= 11 is 1.45. The van der Waals surface area contributed by atoms with Crippen molar-refractivity contribution >= 4 is 28.7 Å². The molecule has 5 fully saturated rings. The van der Waals surface area contributed by atoms with E-state index in [9.17, 15) is 4.79 Å². The largest absolute Gasteiger partial charge is 0.365 e.